The number of ether oxygens (including phenoxy) is 3. The van der Waals surface area contributed by atoms with Crippen molar-refractivity contribution in [2.45, 2.75) is 19.4 Å². The molecule has 0 amide bonds. The van der Waals surface area contributed by atoms with Crippen molar-refractivity contribution in [3.8, 4) is 17.2 Å². The summed E-state index contributed by atoms with van der Waals surface area (Å²) >= 11 is 0. The van der Waals surface area contributed by atoms with E-state index >= 15 is 0 Å². The number of nitrogens with one attached hydrogen (secondary N) is 1. The maximum absolute atomic E-state index is 6.12. The summed E-state index contributed by atoms with van der Waals surface area (Å²) in [5.74, 6) is 2.50. The Morgan fingerprint density at radius 3 is 2.81 bits per heavy atom. The lowest BCUT2D eigenvalue weighted by Crippen LogP contribution is -2.23. The van der Waals surface area contributed by atoms with Gasteiger partial charge in [-0.25, -0.2) is 0 Å². The lowest BCUT2D eigenvalue weighted by Gasteiger charge is -2.28. The van der Waals surface area contributed by atoms with Gasteiger partial charge in [0, 0.05) is 0 Å². The zero-order chi connectivity index (χ0) is 14.2. The molecule has 0 spiro atoms. The van der Waals surface area contributed by atoms with Crippen LogP contribution in [0.25, 0.3) is 0 Å². The molecule has 4 rings (SSSR count). The highest BCUT2D eigenvalue weighted by molar-refractivity contribution is 5.60. The summed E-state index contributed by atoms with van der Waals surface area (Å²) in [7, 11) is 0. The second-order valence-electron chi connectivity index (χ2n) is 5.28. The third-order valence-electron chi connectivity index (χ3n) is 3.97. The Hall–Kier alpha value is -2.36. The minimum atomic E-state index is -0.0144. The molecule has 2 aromatic carbocycles. The summed E-state index contributed by atoms with van der Waals surface area (Å²) in [5.41, 5.74) is 3.48. The van der Waals surface area contributed by atoms with E-state index in [9.17, 15) is 0 Å². The smallest absolute Gasteiger partial charge is 0.231 e. The average molecular weight is 283 g/mol. The first-order valence-corrected chi connectivity index (χ1v) is 7.26. The van der Waals surface area contributed by atoms with Crippen molar-refractivity contribution in [2.24, 2.45) is 0 Å². The lowest BCUT2D eigenvalue weighted by atomic mass is 10.1. The summed E-state index contributed by atoms with van der Waals surface area (Å²) in [6.45, 7) is 3.20. The normalized spacial score (nSPS) is 18.6. The number of aryl methyl sites for hydroxylation is 1. The summed E-state index contributed by atoms with van der Waals surface area (Å²) < 4.78 is 16.9. The zero-order valence-electron chi connectivity index (χ0n) is 11.9. The van der Waals surface area contributed by atoms with Gasteiger partial charge in [0.25, 0.3) is 0 Å². The molecule has 0 aliphatic carbocycles. The second-order valence-corrected chi connectivity index (χ2v) is 5.28. The topological polar surface area (TPSA) is 39.7 Å². The van der Waals surface area contributed by atoms with Gasteiger partial charge in [-0.05, 0) is 41.8 Å². The molecule has 1 atom stereocenters. The highest BCUT2D eigenvalue weighted by Gasteiger charge is 2.23. The maximum atomic E-state index is 6.12. The Balaban J connectivity index is 1.60. The number of hydrogen-bond acceptors (Lipinski definition) is 4. The van der Waals surface area contributed by atoms with Crippen LogP contribution in [-0.4, -0.2) is 13.3 Å². The van der Waals surface area contributed by atoms with E-state index in [-0.39, 0.29) is 6.10 Å². The Labute approximate surface area is 123 Å². The molecule has 0 saturated heterocycles. The molecular formula is C17H17NO3. The molecule has 2 aliphatic heterocycles. The van der Waals surface area contributed by atoms with E-state index in [0.717, 1.165) is 41.5 Å². The zero-order valence-corrected chi connectivity index (χ0v) is 11.9. The third kappa shape index (κ3) is 2.17. The van der Waals surface area contributed by atoms with Crippen molar-refractivity contribution in [3.05, 3.63) is 47.5 Å². The second kappa shape index (κ2) is 4.88. The van der Waals surface area contributed by atoms with Crippen LogP contribution in [0.4, 0.5) is 5.69 Å². The summed E-state index contributed by atoms with van der Waals surface area (Å²) in [5, 5.41) is 3.46. The molecule has 2 heterocycles. The van der Waals surface area contributed by atoms with Crippen LogP contribution in [0.5, 0.6) is 17.2 Å². The van der Waals surface area contributed by atoms with Gasteiger partial charge in [-0.2, -0.15) is 0 Å². The van der Waals surface area contributed by atoms with E-state index < -0.39 is 0 Å². The van der Waals surface area contributed by atoms with Gasteiger partial charge < -0.3 is 19.5 Å². The number of anilines is 1. The van der Waals surface area contributed by atoms with Crippen molar-refractivity contribution in [3.63, 3.8) is 0 Å². The molecule has 0 fully saturated rings. The summed E-state index contributed by atoms with van der Waals surface area (Å²) in [4.78, 5) is 0. The molecule has 1 N–H and O–H groups in total. The molecule has 4 heteroatoms. The molecule has 2 aliphatic rings. The molecule has 0 bridgehead atoms. The molecule has 21 heavy (non-hydrogen) atoms. The minimum Gasteiger partial charge on any atom is -0.482 e. The van der Waals surface area contributed by atoms with Crippen LogP contribution in [0, 0.1) is 0 Å². The van der Waals surface area contributed by atoms with Crippen LogP contribution in [-0.2, 0) is 6.42 Å². The predicted octanol–water partition coefficient (Wildman–Crippen LogP) is 3.52. The van der Waals surface area contributed by atoms with E-state index in [1.165, 1.54) is 5.56 Å². The fourth-order valence-electron chi connectivity index (χ4n) is 2.73. The highest BCUT2D eigenvalue weighted by atomic mass is 16.7. The monoisotopic (exact) mass is 283 g/mol. The van der Waals surface area contributed by atoms with Gasteiger partial charge in [0.15, 0.2) is 11.5 Å². The van der Waals surface area contributed by atoms with Crippen LogP contribution >= 0.6 is 0 Å². The molecule has 1 unspecified atom stereocenters. The van der Waals surface area contributed by atoms with Crippen molar-refractivity contribution in [1.82, 2.24) is 0 Å². The average Bonchev–Trinajstić information content (AvgIpc) is 3.01. The van der Waals surface area contributed by atoms with Crippen molar-refractivity contribution in [2.75, 3.05) is 18.7 Å². The predicted molar refractivity (Wildman–Crippen MR) is 80.2 cm³/mol. The van der Waals surface area contributed by atoms with Gasteiger partial charge in [0.05, 0.1) is 12.2 Å². The van der Waals surface area contributed by atoms with E-state index in [2.05, 4.69) is 24.4 Å². The lowest BCUT2D eigenvalue weighted by molar-refractivity contribution is 0.173. The standard InChI is InChI=1S/C17H17NO3/c1-2-11-3-5-14-13(7-11)18-9-17(21-14)12-4-6-15-16(8-12)20-10-19-15/h3-8,17-18H,2,9-10H2,1H3. The highest BCUT2D eigenvalue weighted by Crippen LogP contribution is 2.38. The largest absolute Gasteiger partial charge is 0.482 e. The molecule has 0 radical (unpaired) electrons. The maximum Gasteiger partial charge on any atom is 0.231 e. The van der Waals surface area contributed by atoms with Gasteiger partial charge in [-0.15, -0.1) is 0 Å². The van der Waals surface area contributed by atoms with Crippen LogP contribution in [0.1, 0.15) is 24.2 Å². The van der Waals surface area contributed by atoms with E-state index in [4.69, 9.17) is 14.2 Å². The molecule has 2 aromatic rings. The molecule has 0 aromatic heterocycles. The first-order valence-electron chi connectivity index (χ1n) is 7.26. The fourth-order valence-corrected chi connectivity index (χ4v) is 2.73. The van der Waals surface area contributed by atoms with E-state index in [1.807, 2.05) is 24.3 Å². The number of rotatable bonds is 2. The summed E-state index contributed by atoms with van der Waals surface area (Å²) in [6.07, 6.45) is 1.01. The SMILES string of the molecule is CCc1ccc2c(c1)NCC(c1ccc3c(c1)OCO3)O2. The molecule has 108 valence electrons. The van der Waals surface area contributed by atoms with Gasteiger partial charge in [-0.3, -0.25) is 0 Å². The van der Waals surface area contributed by atoms with E-state index in [0.29, 0.717) is 6.79 Å². The Morgan fingerprint density at radius 1 is 1.05 bits per heavy atom. The van der Waals surface area contributed by atoms with Crippen LogP contribution in [0.2, 0.25) is 0 Å². The first kappa shape index (κ1) is 12.4. The van der Waals surface area contributed by atoms with Crippen molar-refractivity contribution < 1.29 is 14.2 Å². The van der Waals surface area contributed by atoms with Gasteiger partial charge in [-0.1, -0.05) is 19.1 Å². The van der Waals surface area contributed by atoms with Crippen LogP contribution < -0.4 is 19.5 Å². The first-order chi connectivity index (χ1) is 10.3. The Morgan fingerprint density at radius 2 is 1.90 bits per heavy atom. The molecule has 4 nitrogen and oxygen atoms in total. The Bertz CT molecular complexity index is 684. The van der Waals surface area contributed by atoms with Gasteiger partial charge in [0.2, 0.25) is 6.79 Å². The van der Waals surface area contributed by atoms with Crippen molar-refractivity contribution >= 4 is 5.69 Å². The van der Waals surface area contributed by atoms with Crippen molar-refractivity contribution in [1.29, 1.82) is 0 Å². The minimum absolute atomic E-state index is 0.0144. The Kier molecular flexibility index (Phi) is 2.88. The molecular weight excluding hydrogens is 266 g/mol. The van der Waals surface area contributed by atoms with Crippen LogP contribution in [0.3, 0.4) is 0 Å². The summed E-state index contributed by atoms with van der Waals surface area (Å²) in [6, 6.07) is 12.3. The third-order valence-corrected chi connectivity index (χ3v) is 3.97. The van der Waals surface area contributed by atoms with Gasteiger partial charge in [0.1, 0.15) is 11.9 Å². The number of hydrogen-bond donors (Lipinski definition) is 1. The van der Waals surface area contributed by atoms with E-state index in [1.54, 1.807) is 0 Å². The number of fused-ring (bicyclic) bond motifs is 2. The fraction of sp³-hybridized carbons (Fsp3) is 0.294. The molecule has 0 saturated carbocycles. The number of benzene rings is 2. The van der Waals surface area contributed by atoms with Gasteiger partial charge >= 0.3 is 0 Å². The van der Waals surface area contributed by atoms with Crippen LogP contribution in [0.15, 0.2) is 36.4 Å². The quantitative estimate of drug-likeness (QED) is 0.915.